The van der Waals surface area contributed by atoms with Crippen LogP contribution in [0.3, 0.4) is 0 Å². The zero-order valence-electron chi connectivity index (χ0n) is 11.3. The zero-order chi connectivity index (χ0) is 13.2. The molecule has 2 heteroatoms. The molecule has 2 fully saturated rings. The van der Waals surface area contributed by atoms with E-state index in [0.717, 1.165) is 38.8 Å². The van der Waals surface area contributed by atoms with Crippen LogP contribution >= 0.6 is 0 Å². The van der Waals surface area contributed by atoms with Crippen LogP contribution in [-0.4, -0.2) is 23.9 Å². The van der Waals surface area contributed by atoms with Gasteiger partial charge in [0.05, 0.1) is 0 Å². The van der Waals surface area contributed by atoms with Gasteiger partial charge in [-0.25, -0.2) is 0 Å². The highest BCUT2D eigenvalue weighted by Gasteiger charge is 2.34. The normalized spacial score (nSPS) is 20.3. The molecule has 1 aromatic carbocycles. The molecule has 0 bridgehead atoms. The van der Waals surface area contributed by atoms with Crippen LogP contribution in [0, 0.1) is 5.92 Å². The van der Waals surface area contributed by atoms with E-state index in [9.17, 15) is 4.79 Å². The highest BCUT2D eigenvalue weighted by Crippen LogP contribution is 2.34. The van der Waals surface area contributed by atoms with Gasteiger partial charge in [0, 0.05) is 19.0 Å². The second kappa shape index (κ2) is 5.20. The Balaban J connectivity index is 1.59. The highest BCUT2D eigenvalue weighted by atomic mass is 16.2. The Morgan fingerprint density at radius 2 is 1.74 bits per heavy atom. The minimum atomic E-state index is 0.364. The van der Waals surface area contributed by atoms with Gasteiger partial charge >= 0.3 is 0 Å². The maximum atomic E-state index is 12.0. The van der Waals surface area contributed by atoms with Crippen molar-refractivity contribution in [3.05, 3.63) is 42.0 Å². The number of rotatable bonds is 3. The third-order valence-electron chi connectivity index (χ3n) is 4.38. The number of piperidine rings is 1. The third-order valence-corrected chi connectivity index (χ3v) is 4.38. The maximum absolute atomic E-state index is 12.0. The standard InChI is InChI=1S/C17H21NO/c1-2-13-3-5-14(6-4-13)15-9-11-18(12-10-15)17(19)16-7-8-16/h2-6,15-16H,1,7-12H2. The van der Waals surface area contributed by atoms with E-state index in [2.05, 4.69) is 35.7 Å². The lowest BCUT2D eigenvalue weighted by Gasteiger charge is -2.32. The van der Waals surface area contributed by atoms with Crippen LogP contribution in [0.5, 0.6) is 0 Å². The molecule has 0 radical (unpaired) electrons. The fraction of sp³-hybridized carbons (Fsp3) is 0.471. The van der Waals surface area contributed by atoms with E-state index in [0.29, 0.717) is 17.7 Å². The molecule has 2 aliphatic rings. The third kappa shape index (κ3) is 2.73. The van der Waals surface area contributed by atoms with Crippen LogP contribution in [0.1, 0.15) is 42.7 Å². The summed E-state index contributed by atoms with van der Waals surface area (Å²) < 4.78 is 0. The highest BCUT2D eigenvalue weighted by molar-refractivity contribution is 5.81. The molecule has 0 unspecified atom stereocenters. The molecule has 1 aliphatic carbocycles. The first-order chi connectivity index (χ1) is 9.28. The smallest absolute Gasteiger partial charge is 0.225 e. The molecule has 1 heterocycles. The number of nitrogens with zero attached hydrogens (tertiary/aromatic N) is 1. The van der Waals surface area contributed by atoms with Crippen molar-refractivity contribution in [2.24, 2.45) is 5.92 Å². The number of hydrogen-bond acceptors (Lipinski definition) is 1. The number of likely N-dealkylation sites (tertiary alicyclic amines) is 1. The molecule has 0 spiro atoms. The molecule has 2 nitrogen and oxygen atoms in total. The number of amides is 1. The first-order valence-electron chi connectivity index (χ1n) is 7.29. The summed E-state index contributed by atoms with van der Waals surface area (Å²) in [5.41, 5.74) is 2.58. The Bertz CT molecular complexity index is 465. The van der Waals surface area contributed by atoms with E-state index in [4.69, 9.17) is 0 Å². The molecular weight excluding hydrogens is 234 g/mol. The van der Waals surface area contributed by atoms with Gasteiger partial charge in [0.15, 0.2) is 0 Å². The second-order valence-electron chi connectivity index (χ2n) is 5.74. The number of carbonyl (C=O) groups is 1. The van der Waals surface area contributed by atoms with Crippen molar-refractivity contribution >= 4 is 12.0 Å². The van der Waals surface area contributed by atoms with Gasteiger partial charge in [-0.1, -0.05) is 36.9 Å². The molecule has 1 saturated carbocycles. The lowest BCUT2D eigenvalue weighted by molar-refractivity contribution is -0.133. The summed E-state index contributed by atoms with van der Waals surface area (Å²) >= 11 is 0. The summed E-state index contributed by atoms with van der Waals surface area (Å²) in [6, 6.07) is 8.67. The van der Waals surface area contributed by atoms with Crippen molar-refractivity contribution in [3.63, 3.8) is 0 Å². The summed E-state index contributed by atoms with van der Waals surface area (Å²) in [6.07, 6.45) is 6.31. The lowest BCUT2D eigenvalue weighted by atomic mass is 9.89. The van der Waals surface area contributed by atoms with Gasteiger partial charge in [0.2, 0.25) is 5.91 Å². The van der Waals surface area contributed by atoms with Gasteiger partial charge in [-0.2, -0.15) is 0 Å². The lowest BCUT2D eigenvalue weighted by Crippen LogP contribution is -2.38. The average Bonchev–Trinajstić information content (AvgIpc) is 3.31. The first-order valence-corrected chi connectivity index (χ1v) is 7.29. The van der Waals surface area contributed by atoms with E-state index in [-0.39, 0.29) is 0 Å². The largest absolute Gasteiger partial charge is 0.342 e. The molecule has 0 N–H and O–H groups in total. The summed E-state index contributed by atoms with van der Waals surface area (Å²) in [5.74, 6) is 1.38. The van der Waals surface area contributed by atoms with Crippen molar-refractivity contribution < 1.29 is 4.79 Å². The van der Waals surface area contributed by atoms with Gasteiger partial charge in [-0.05, 0) is 42.7 Å². The van der Waals surface area contributed by atoms with Crippen LogP contribution in [0.25, 0.3) is 6.08 Å². The molecule has 1 aromatic rings. The summed E-state index contributed by atoms with van der Waals surface area (Å²) in [6.45, 7) is 5.65. The van der Waals surface area contributed by atoms with E-state index in [1.165, 1.54) is 11.1 Å². The second-order valence-corrected chi connectivity index (χ2v) is 5.74. The average molecular weight is 255 g/mol. The number of benzene rings is 1. The van der Waals surface area contributed by atoms with Gasteiger partial charge < -0.3 is 4.90 Å². The molecule has 100 valence electrons. The van der Waals surface area contributed by atoms with Gasteiger partial charge in [-0.3, -0.25) is 4.79 Å². The van der Waals surface area contributed by atoms with Crippen molar-refractivity contribution in [1.29, 1.82) is 0 Å². The predicted molar refractivity (Wildman–Crippen MR) is 77.8 cm³/mol. The number of hydrogen-bond donors (Lipinski definition) is 0. The Morgan fingerprint density at radius 1 is 1.11 bits per heavy atom. The number of carbonyl (C=O) groups excluding carboxylic acids is 1. The molecule has 1 saturated heterocycles. The Labute approximate surface area is 115 Å². The van der Waals surface area contributed by atoms with Crippen molar-refractivity contribution in [2.75, 3.05) is 13.1 Å². The topological polar surface area (TPSA) is 20.3 Å². The van der Waals surface area contributed by atoms with Crippen molar-refractivity contribution in [2.45, 2.75) is 31.6 Å². The van der Waals surface area contributed by atoms with Gasteiger partial charge in [0.25, 0.3) is 0 Å². The molecule has 1 amide bonds. The van der Waals surface area contributed by atoms with Crippen LogP contribution < -0.4 is 0 Å². The van der Waals surface area contributed by atoms with E-state index < -0.39 is 0 Å². The van der Waals surface area contributed by atoms with Crippen LogP contribution in [0.2, 0.25) is 0 Å². The van der Waals surface area contributed by atoms with Crippen molar-refractivity contribution in [1.82, 2.24) is 4.90 Å². The molecular formula is C17H21NO. The van der Waals surface area contributed by atoms with Gasteiger partial charge in [-0.15, -0.1) is 0 Å². The predicted octanol–water partition coefficient (Wildman–Crippen LogP) is 3.45. The molecule has 19 heavy (non-hydrogen) atoms. The fourth-order valence-electron chi connectivity index (χ4n) is 2.93. The van der Waals surface area contributed by atoms with Crippen LogP contribution in [0.4, 0.5) is 0 Å². The fourth-order valence-corrected chi connectivity index (χ4v) is 2.93. The minimum absolute atomic E-state index is 0.364. The minimum Gasteiger partial charge on any atom is -0.342 e. The monoisotopic (exact) mass is 255 g/mol. The van der Waals surface area contributed by atoms with Gasteiger partial charge in [0.1, 0.15) is 0 Å². The Hall–Kier alpha value is -1.57. The zero-order valence-corrected chi connectivity index (χ0v) is 11.3. The van der Waals surface area contributed by atoms with E-state index in [1.807, 2.05) is 6.08 Å². The molecule has 0 atom stereocenters. The Morgan fingerprint density at radius 3 is 2.26 bits per heavy atom. The van der Waals surface area contributed by atoms with E-state index in [1.54, 1.807) is 0 Å². The summed E-state index contributed by atoms with van der Waals surface area (Å²) in [7, 11) is 0. The van der Waals surface area contributed by atoms with Crippen molar-refractivity contribution in [3.8, 4) is 0 Å². The van der Waals surface area contributed by atoms with E-state index >= 15 is 0 Å². The SMILES string of the molecule is C=Cc1ccc(C2CCN(C(=O)C3CC3)CC2)cc1. The maximum Gasteiger partial charge on any atom is 0.225 e. The molecule has 1 aliphatic heterocycles. The quantitative estimate of drug-likeness (QED) is 0.810. The summed E-state index contributed by atoms with van der Waals surface area (Å²) in [4.78, 5) is 14.1. The van der Waals surface area contributed by atoms with Crippen LogP contribution in [0.15, 0.2) is 30.8 Å². The molecule has 0 aromatic heterocycles. The molecule has 3 rings (SSSR count). The van der Waals surface area contributed by atoms with Crippen LogP contribution in [-0.2, 0) is 4.79 Å². The summed E-state index contributed by atoms with van der Waals surface area (Å²) in [5, 5.41) is 0. The first kappa shape index (κ1) is 12.5. The Kier molecular flexibility index (Phi) is 3.41.